The van der Waals surface area contributed by atoms with Gasteiger partial charge in [-0.15, -0.1) is 0 Å². The van der Waals surface area contributed by atoms with E-state index >= 15 is 0 Å². The highest BCUT2D eigenvalue weighted by Gasteiger charge is 2.24. The molecule has 2 aromatic rings. The van der Waals surface area contributed by atoms with Gasteiger partial charge in [0.1, 0.15) is 9.80 Å². The Labute approximate surface area is 125 Å². The van der Waals surface area contributed by atoms with Crippen LogP contribution in [-0.4, -0.2) is 24.7 Å². The normalized spacial score (nSPS) is 16.8. The van der Waals surface area contributed by atoms with Gasteiger partial charge in [0.25, 0.3) is 0 Å². The van der Waals surface area contributed by atoms with E-state index in [1.54, 1.807) is 4.68 Å². The maximum Gasteiger partial charge on any atom is 0.129 e. The first-order valence-electron chi connectivity index (χ1n) is 6.45. The predicted octanol–water partition coefficient (Wildman–Crippen LogP) is 2.02. The quantitative estimate of drug-likeness (QED) is 0.836. The first-order chi connectivity index (χ1) is 9.04. The number of halogens is 1. The van der Waals surface area contributed by atoms with Gasteiger partial charge < -0.3 is 5.11 Å². The van der Waals surface area contributed by atoms with Crippen LogP contribution in [-0.2, 0) is 13.6 Å². The standard InChI is InChI=1S/C13H17IN4O/c1-8-10(7-18(15-8)5-9-3-4-9)12(19)11-6-17(2)16-13(11)14/h6-7,9,12,19H,3-5H2,1-2H3. The summed E-state index contributed by atoms with van der Waals surface area (Å²) in [6, 6.07) is 0. The Bertz CT molecular complexity index is 600. The van der Waals surface area contributed by atoms with Crippen molar-refractivity contribution in [1.82, 2.24) is 19.6 Å². The van der Waals surface area contributed by atoms with E-state index < -0.39 is 6.10 Å². The molecule has 102 valence electrons. The highest BCUT2D eigenvalue weighted by Crippen LogP contribution is 2.32. The summed E-state index contributed by atoms with van der Waals surface area (Å²) < 4.78 is 4.53. The molecular formula is C13H17IN4O. The molecule has 1 fully saturated rings. The summed E-state index contributed by atoms with van der Waals surface area (Å²) in [5.41, 5.74) is 2.62. The van der Waals surface area contributed by atoms with Gasteiger partial charge in [-0.05, 0) is 48.3 Å². The van der Waals surface area contributed by atoms with Crippen LogP contribution in [0, 0.1) is 16.5 Å². The van der Waals surface area contributed by atoms with Crippen molar-refractivity contribution < 1.29 is 5.11 Å². The van der Waals surface area contributed by atoms with Crippen molar-refractivity contribution in [3.8, 4) is 0 Å². The lowest BCUT2D eigenvalue weighted by Gasteiger charge is -2.07. The molecule has 1 N–H and O–H groups in total. The number of nitrogens with zero attached hydrogens (tertiary/aromatic N) is 4. The topological polar surface area (TPSA) is 55.9 Å². The SMILES string of the molecule is Cc1nn(CC2CC2)cc1C(O)c1cn(C)nc1I. The van der Waals surface area contributed by atoms with Crippen molar-refractivity contribution in [2.24, 2.45) is 13.0 Å². The van der Waals surface area contributed by atoms with Gasteiger partial charge in [-0.2, -0.15) is 10.2 Å². The molecule has 1 saturated carbocycles. The molecule has 0 aliphatic heterocycles. The molecule has 1 aliphatic rings. The zero-order valence-corrected chi connectivity index (χ0v) is 13.2. The Morgan fingerprint density at radius 3 is 2.68 bits per heavy atom. The van der Waals surface area contributed by atoms with Crippen molar-refractivity contribution in [2.45, 2.75) is 32.4 Å². The van der Waals surface area contributed by atoms with Crippen molar-refractivity contribution >= 4 is 22.6 Å². The molecule has 19 heavy (non-hydrogen) atoms. The molecule has 2 heterocycles. The van der Waals surface area contributed by atoms with Crippen LogP contribution < -0.4 is 0 Å². The molecule has 0 radical (unpaired) electrons. The van der Waals surface area contributed by atoms with Crippen LogP contribution in [0.1, 0.15) is 35.8 Å². The molecule has 3 rings (SSSR count). The summed E-state index contributed by atoms with van der Waals surface area (Å²) in [6.45, 7) is 2.92. The molecular weight excluding hydrogens is 355 g/mol. The lowest BCUT2D eigenvalue weighted by atomic mass is 10.1. The molecule has 2 aromatic heterocycles. The number of aliphatic hydroxyl groups is 1. The minimum absolute atomic E-state index is 0.645. The van der Waals surface area contributed by atoms with Gasteiger partial charge in [0.15, 0.2) is 0 Å². The molecule has 0 spiro atoms. The summed E-state index contributed by atoms with van der Waals surface area (Å²) in [4.78, 5) is 0. The van der Waals surface area contributed by atoms with Crippen LogP contribution in [0.15, 0.2) is 12.4 Å². The monoisotopic (exact) mass is 372 g/mol. The van der Waals surface area contributed by atoms with E-state index in [0.29, 0.717) is 0 Å². The average Bonchev–Trinajstić information content (AvgIpc) is 2.98. The molecule has 0 bridgehead atoms. The molecule has 0 saturated heterocycles. The number of hydrogen-bond acceptors (Lipinski definition) is 3. The lowest BCUT2D eigenvalue weighted by molar-refractivity contribution is 0.218. The van der Waals surface area contributed by atoms with Gasteiger partial charge >= 0.3 is 0 Å². The van der Waals surface area contributed by atoms with Crippen LogP contribution >= 0.6 is 22.6 Å². The molecule has 1 aliphatic carbocycles. The van der Waals surface area contributed by atoms with Crippen molar-refractivity contribution in [1.29, 1.82) is 0 Å². The van der Waals surface area contributed by atoms with Crippen LogP contribution in [0.4, 0.5) is 0 Å². The third kappa shape index (κ3) is 2.69. The summed E-state index contributed by atoms with van der Waals surface area (Å²) >= 11 is 2.15. The van der Waals surface area contributed by atoms with E-state index in [1.807, 2.05) is 31.0 Å². The third-order valence-electron chi connectivity index (χ3n) is 3.53. The number of rotatable bonds is 4. The van der Waals surface area contributed by atoms with Gasteiger partial charge in [-0.1, -0.05) is 0 Å². The first-order valence-corrected chi connectivity index (χ1v) is 7.53. The highest BCUT2D eigenvalue weighted by molar-refractivity contribution is 14.1. The van der Waals surface area contributed by atoms with E-state index in [2.05, 4.69) is 32.8 Å². The number of hydrogen-bond donors (Lipinski definition) is 1. The molecule has 0 aromatic carbocycles. The Hall–Kier alpha value is -0.890. The number of aryl methyl sites for hydroxylation is 2. The van der Waals surface area contributed by atoms with Gasteiger partial charge in [0, 0.05) is 37.1 Å². The second-order valence-electron chi connectivity index (χ2n) is 5.29. The Balaban J connectivity index is 1.87. The van der Waals surface area contributed by atoms with E-state index in [4.69, 9.17) is 0 Å². The summed E-state index contributed by atoms with van der Waals surface area (Å²) in [5, 5.41) is 19.3. The predicted molar refractivity (Wildman–Crippen MR) is 79.7 cm³/mol. The van der Waals surface area contributed by atoms with E-state index in [0.717, 1.165) is 33.0 Å². The molecule has 0 amide bonds. The van der Waals surface area contributed by atoms with E-state index in [-0.39, 0.29) is 0 Å². The van der Waals surface area contributed by atoms with Gasteiger partial charge in [0.2, 0.25) is 0 Å². The highest BCUT2D eigenvalue weighted by atomic mass is 127. The van der Waals surface area contributed by atoms with Gasteiger partial charge in [-0.3, -0.25) is 9.36 Å². The Morgan fingerprint density at radius 2 is 2.11 bits per heavy atom. The molecule has 1 atom stereocenters. The second-order valence-corrected chi connectivity index (χ2v) is 6.31. The van der Waals surface area contributed by atoms with Crippen LogP contribution in [0.3, 0.4) is 0 Å². The van der Waals surface area contributed by atoms with Crippen molar-refractivity contribution in [3.63, 3.8) is 0 Å². The maximum absolute atomic E-state index is 10.5. The zero-order chi connectivity index (χ0) is 13.6. The fourth-order valence-corrected chi connectivity index (χ4v) is 3.07. The van der Waals surface area contributed by atoms with E-state index in [1.165, 1.54) is 12.8 Å². The summed E-state index contributed by atoms with van der Waals surface area (Å²) in [6.07, 6.45) is 5.80. The number of aromatic nitrogens is 4. The molecule has 6 heteroatoms. The van der Waals surface area contributed by atoms with E-state index in [9.17, 15) is 5.11 Å². The minimum atomic E-state index is -0.645. The summed E-state index contributed by atoms with van der Waals surface area (Å²) in [7, 11) is 1.86. The zero-order valence-electron chi connectivity index (χ0n) is 11.0. The fraction of sp³-hybridized carbons (Fsp3) is 0.538. The molecule has 5 nitrogen and oxygen atoms in total. The van der Waals surface area contributed by atoms with Gasteiger partial charge in [-0.25, -0.2) is 0 Å². The smallest absolute Gasteiger partial charge is 0.129 e. The van der Waals surface area contributed by atoms with Crippen molar-refractivity contribution in [3.05, 3.63) is 32.9 Å². The number of aliphatic hydroxyl groups excluding tert-OH is 1. The minimum Gasteiger partial charge on any atom is -0.383 e. The van der Waals surface area contributed by atoms with Crippen LogP contribution in [0.25, 0.3) is 0 Å². The van der Waals surface area contributed by atoms with Crippen LogP contribution in [0.2, 0.25) is 0 Å². The maximum atomic E-state index is 10.5. The van der Waals surface area contributed by atoms with Gasteiger partial charge in [0.05, 0.1) is 5.69 Å². The largest absolute Gasteiger partial charge is 0.383 e. The first kappa shape index (κ1) is 13.1. The fourth-order valence-electron chi connectivity index (χ4n) is 2.29. The second kappa shape index (κ2) is 4.90. The van der Waals surface area contributed by atoms with Crippen molar-refractivity contribution in [2.75, 3.05) is 0 Å². The summed E-state index contributed by atoms with van der Waals surface area (Å²) in [5.74, 6) is 0.780. The average molecular weight is 372 g/mol. The molecule has 1 unspecified atom stereocenters. The Morgan fingerprint density at radius 1 is 1.37 bits per heavy atom. The lowest BCUT2D eigenvalue weighted by Crippen LogP contribution is -2.01. The Kier molecular flexibility index (Phi) is 3.38. The van der Waals surface area contributed by atoms with Crippen LogP contribution in [0.5, 0.6) is 0 Å². The third-order valence-corrected chi connectivity index (χ3v) is 4.36.